The Morgan fingerprint density at radius 2 is 1.82 bits per heavy atom. The molecule has 0 heterocycles. The van der Waals surface area contributed by atoms with E-state index in [1.807, 2.05) is 19.1 Å². The third kappa shape index (κ3) is 2.89. The molecule has 4 nitrogen and oxygen atoms in total. The summed E-state index contributed by atoms with van der Waals surface area (Å²) < 4.78 is 0. The van der Waals surface area contributed by atoms with E-state index in [2.05, 4.69) is 0 Å². The van der Waals surface area contributed by atoms with Crippen LogP contribution in [0.15, 0.2) is 48.5 Å². The second kappa shape index (κ2) is 4.76. The molecule has 0 amide bonds. The van der Waals surface area contributed by atoms with Crippen molar-refractivity contribution in [2.75, 3.05) is 5.23 Å². The standard InChI is InChI=1S/C13H13NO3/c1-10-5-7-13(8-6-10)17-14(16)11-3-2-4-12(15)9-11/h2-9,15-16H,1H3/p-1. The van der Waals surface area contributed by atoms with Crippen LogP contribution in [0.2, 0.25) is 0 Å². The fourth-order valence-corrected chi connectivity index (χ4v) is 1.35. The molecule has 0 atom stereocenters. The van der Waals surface area contributed by atoms with E-state index in [1.165, 1.54) is 12.1 Å². The molecule has 0 aliphatic heterocycles. The minimum atomic E-state index is -0.186. The quantitative estimate of drug-likeness (QED) is 0.822. The van der Waals surface area contributed by atoms with Gasteiger partial charge in [0.15, 0.2) is 5.75 Å². The van der Waals surface area contributed by atoms with E-state index in [9.17, 15) is 10.3 Å². The van der Waals surface area contributed by atoms with Crippen molar-refractivity contribution in [3.63, 3.8) is 0 Å². The Morgan fingerprint density at radius 3 is 2.47 bits per heavy atom. The lowest BCUT2D eigenvalue weighted by molar-refractivity contribution is -0.268. The third-order valence-corrected chi connectivity index (χ3v) is 2.25. The monoisotopic (exact) mass is 230 g/mol. The second-order valence-electron chi connectivity index (χ2n) is 3.67. The summed E-state index contributed by atoms with van der Waals surface area (Å²) in [5.41, 5.74) is 1.39. The van der Waals surface area contributed by atoms with Gasteiger partial charge in [0.05, 0.1) is 0 Å². The highest BCUT2D eigenvalue weighted by Crippen LogP contribution is 2.19. The van der Waals surface area contributed by atoms with Crippen LogP contribution in [0.3, 0.4) is 0 Å². The summed E-state index contributed by atoms with van der Waals surface area (Å²) in [6.45, 7) is 1.96. The van der Waals surface area contributed by atoms with Crippen LogP contribution in [-0.2, 0) is 0 Å². The van der Waals surface area contributed by atoms with E-state index >= 15 is 0 Å². The lowest BCUT2D eigenvalue weighted by Crippen LogP contribution is -2.22. The Kier molecular flexibility index (Phi) is 3.16. The molecule has 2 rings (SSSR count). The molecule has 1 N–H and O–H groups in total. The summed E-state index contributed by atoms with van der Waals surface area (Å²) in [5.74, 6) is 0.309. The van der Waals surface area contributed by atoms with Crippen LogP contribution < -0.4 is 15.2 Å². The number of hydrogen-bond donors (Lipinski definition) is 1. The normalized spacial score (nSPS) is 10.0. The van der Waals surface area contributed by atoms with E-state index in [0.29, 0.717) is 11.0 Å². The summed E-state index contributed by atoms with van der Waals surface area (Å²) in [5, 5.41) is 21.3. The third-order valence-electron chi connectivity index (χ3n) is 2.25. The van der Waals surface area contributed by atoms with Crippen molar-refractivity contribution in [1.82, 2.24) is 0 Å². The zero-order valence-electron chi connectivity index (χ0n) is 9.33. The van der Waals surface area contributed by atoms with Gasteiger partial charge in [-0.1, -0.05) is 35.1 Å². The highest BCUT2D eigenvalue weighted by molar-refractivity contribution is 5.46. The van der Waals surface area contributed by atoms with E-state index in [4.69, 9.17) is 4.84 Å². The minimum absolute atomic E-state index is 0.186. The first kappa shape index (κ1) is 11.3. The molecule has 0 bridgehead atoms. The summed E-state index contributed by atoms with van der Waals surface area (Å²) >= 11 is 0. The number of aryl methyl sites for hydroxylation is 1. The molecule has 2 aromatic rings. The van der Waals surface area contributed by atoms with Crippen LogP contribution in [0.5, 0.6) is 11.5 Å². The van der Waals surface area contributed by atoms with Crippen molar-refractivity contribution in [3.05, 3.63) is 54.1 Å². The van der Waals surface area contributed by atoms with Crippen LogP contribution in [0.25, 0.3) is 0 Å². The molecule has 0 aliphatic carbocycles. The maximum absolute atomic E-state index is 11.1. The van der Waals surface area contributed by atoms with Crippen LogP contribution in [0.1, 0.15) is 5.56 Å². The summed E-state index contributed by atoms with van der Waals surface area (Å²) in [4.78, 5) is 5.16. The number of rotatable bonds is 3. The molecule has 2 aromatic carbocycles. The molecule has 0 fully saturated rings. The zero-order valence-corrected chi connectivity index (χ0v) is 9.33. The van der Waals surface area contributed by atoms with Gasteiger partial charge in [0.2, 0.25) is 0 Å². The predicted octanol–water partition coefficient (Wildman–Crippen LogP) is 2.26. The molecule has 0 spiro atoms. The fourth-order valence-electron chi connectivity index (χ4n) is 1.35. The van der Waals surface area contributed by atoms with Gasteiger partial charge < -0.3 is 9.94 Å². The molecule has 88 valence electrons. The van der Waals surface area contributed by atoms with Gasteiger partial charge in [-0.3, -0.25) is 5.21 Å². The van der Waals surface area contributed by atoms with Crippen LogP contribution >= 0.6 is 0 Å². The number of benzene rings is 2. The van der Waals surface area contributed by atoms with Crippen molar-refractivity contribution in [1.29, 1.82) is 0 Å². The molecular formula is C13H12NO3-. The van der Waals surface area contributed by atoms with E-state index in [0.717, 1.165) is 5.56 Å². The Labute approximate surface area is 99.2 Å². The Balaban J connectivity index is 2.11. The first-order valence-electron chi connectivity index (χ1n) is 5.16. The number of hydrogen-bond acceptors (Lipinski definition) is 4. The van der Waals surface area contributed by atoms with E-state index in [-0.39, 0.29) is 11.4 Å². The first-order valence-corrected chi connectivity index (χ1v) is 5.16. The number of anilines is 1. The molecule has 0 radical (unpaired) electrons. The van der Waals surface area contributed by atoms with Gasteiger partial charge in [0.1, 0.15) is 5.69 Å². The lowest BCUT2D eigenvalue weighted by atomic mass is 10.2. The molecule has 0 saturated heterocycles. The summed E-state index contributed by atoms with van der Waals surface area (Å²) in [6.07, 6.45) is 0. The number of nitrogens with zero attached hydrogens (tertiary/aromatic N) is 1. The van der Waals surface area contributed by atoms with Crippen molar-refractivity contribution < 1.29 is 15.2 Å². The van der Waals surface area contributed by atoms with Gasteiger partial charge in [0, 0.05) is 0 Å². The average Bonchev–Trinajstić information content (AvgIpc) is 2.32. The van der Waals surface area contributed by atoms with Gasteiger partial charge >= 0.3 is 0 Å². The highest BCUT2D eigenvalue weighted by atomic mass is 16.9. The molecule has 0 aliphatic rings. The van der Waals surface area contributed by atoms with E-state index < -0.39 is 0 Å². The first-order chi connectivity index (χ1) is 8.15. The molecule has 4 heteroatoms. The highest BCUT2D eigenvalue weighted by Gasteiger charge is 2.04. The average molecular weight is 230 g/mol. The Bertz CT molecular complexity index is 496. The van der Waals surface area contributed by atoms with Crippen LogP contribution in [0.4, 0.5) is 5.69 Å². The van der Waals surface area contributed by atoms with Gasteiger partial charge in [0.25, 0.3) is 0 Å². The lowest BCUT2D eigenvalue weighted by Gasteiger charge is -2.18. The SMILES string of the molecule is Cc1ccc(ON(O)c2cccc([O-])c2)cc1. The van der Waals surface area contributed by atoms with Crippen molar-refractivity contribution in [3.8, 4) is 11.5 Å². The van der Waals surface area contributed by atoms with Gasteiger partial charge in [-0.25, -0.2) is 0 Å². The molecule has 17 heavy (non-hydrogen) atoms. The summed E-state index contributed by atoms with van der Waals surface area (Å²) in [7, 11) is 0. The van der Waals surface area contributed by atoms with E-state index in [1.54, 1.807) is 24.3 Å². The van der Waals surface area contributed by atoms with Crippen molar-refractivity contribution >= 4 is 5.69 Å². The van der Waals surface area contributed by atoms with Gasteiger partial charge in [-0.2, -0.15) is 0 Å². The molecular weight excluding hydrogens is 218 g/mol. The second-order valence-corrected chi connectivity index (χ2v) is 3.67. The maximum Gasteiger partial charge on any atom is 0.158 e. The van der Waals surface area contributed by atoms with Crippen LogP contribution in [-0.4, -0.2) is 5.21 Å². The Morgan fingerprint density at radius 1 is 1.12 bits per heavy atom. The maximum atomic E-state index is 11.1. The Hall–Kier alpha value is -2.20. The van der Waals surface area contributed by atoms with Gasteiger partial charge in [-0.05, 0) is 31.2 Å². The van der Waals surface area contributed by atoms with Crippen molar-refractivity contribution in [2.45, 2.75) is 6.92 Å². The van der Waals surface area contributed by atoms with Crippen LogP contribution in [0, 0.1) is 6.92 Å². The fraction of sp³-hybridized carbons (Fsp3) is 0.0769. The topological polar surface area (TPSA) is 55.8 Å². The van der Waals surface area contributed by atoms with Crippen molar-refractivity contribution in [2.24, 2.45) is 0 Å². The predicted molar refractivity (Wildman–Crippen MR) is 62.0 cm³/mol. The zero-order chi connectivity index (χ0) is 12.3. The molecule has 0 aromatic heterocycles. The molecule has 0 saturated carbocycles. The summed E-state index contributed by atoms with van der Waals surface area (Å²) in [6, 6.07) is 13.0. The smallest absolute Gasteiger partial charge is 0.158 e. The molecule has 0 unspecified atom stereocenters. The largest absolute Gasteiger partial charge is 0.872 e. The minimum Gasteiger partial charge on any atom is -0.872 e. The van der Waals surface area contributed by atoms with Gasteiger partial charge in [-0.15, -0.1) is 5.75 Å².